The summed E-state index contributed by atoms with van der Waals surface area (Å²) in [4.78, 5) is 19.5. The van der Waals surface area contributed by atoms with Gasteiger partial charge in [0.2, 0.25) is 0 Å². The van der Waals surface area contributed by atoms with Gasteiger partial charge in [0, 0.05) is 42.5 Å². The maximum absolute atomic E-state index is 13.4. The Hall–Kier alpha value is -3.25. The number of hydrogen-bond donors (Lipinski definition) is 1. The Bertz CT molecular complexity index is 1060. The molecular weight excluding hydrogens is 405 g/mol. The van der Waals surface area contributed by atoms with E-state index in [1.165, 1.54) is 17.7 Å². The molecule has 2 aromatic carbocycles. The van der Waals surface area contributed by atoms with Crippen LogP contribution in [0, 0.1) is 5.82 Å². The number of ether oxygens (including phenoxy) is 1. The second-order valence-corrected chi connectivity index (χ2v) is 8.14. The molecule has 5 nitrogen and oxygen atoms in total. The molecule has 0 aliphatic carbocycles. The fourth-order valence-corrected chi connectivity index (χ4v) is 4.25. The molecule has 1 atom stereocenters. The van der Waals surface area contributed by atoms with Crippen molar-refractivity contribution < 1.29 is 13.9 Å². The molecule has 0 saturated carbocycles. The molecule has 1 unspecified atom stereocenters. The molecule has 1 saturated heterocycles. The minimum atomic E-state index is -0.308. The fourth-order valence-electron chi connectivity index (χ4n) is 4.25. The number of rotatable bonds is 6. The third-order valence-electron chi connectivity index (χ3n) is 6.15. The molecule has 0 spiro atoms. The summed E-state index contributed by atoms with van der Waals surface area (Å²) in [6, 6.07) is 18.3. The molecular formula is C26H28FN3O2. The van der Waals surface area contributed by atoms with Crippen LogP contribution in [0.4, 0.5) is 4.39 Å². The molecule has 32 heavy (non-hydrogen) atoms. The van der Waals surface area contributed by atoms with Crippen molar-refractivity contribution in [3.8, 4) is 17.0 Å². The van der Waals surface area contributed by atoms with Crippen molar-refractivity contribution >= 4 is 5.91 Å². The van der Waals surface area contributed by atoms with Crippen molar-refractivity contribution in [2.45, 2.75) is 31.8 Å². The van der Waals surface area contributed by atoms with E-state index >= 15 is 0 Å². The number of carbonyl (C=O) groups is 1. The quantitative estimate of drug-likeness (QED) is 0.604. The normalized spacial score (nSPS) is 15.8. The Morgan fingerprint density at radius 1 is 1.12 bits per heavy atom. The molecule has 166 valence electrons. The molecule has 1 aliphatic heterocycles. The molecule has 1 aromatic heterocycles. The molecule has 1 fully saturated rings. The van der Waals surface area contributed by atoms with E-state index in [2.05, 4.69) is 28.2 Å². The van der Waals surface area contributed by atoms with Crippen molar-refractivity contribution in [2.75, 3.05) is 20.2 Å². The van der Waals surface area contributed by atoms with Crippen LogP contribution in [0.5, 0.6) is 5.75 Å². The first-order chi connectivity index (χ1) is 15.5. The predicted octanol–water partition coefficient (Wildman–Crippen LogP) is 4.85. The Morgan fingerprint density at radius 2 is 1.91 bits per heavy atom. The lowest BCUT2D eigenvalue weighted by Gasteiger charge is -2.36. The monoisotopic (exact) mass is 433 g/mol. The van der Waals surface area contributed by atoms with Gasteiger partial charge in [-0.3, -0.25) is 14.7 Å². The number of halogens is 1. The number of carbonyl (C=O) groups excluding carboxylic acids is 1. The summed E-state index contributed by atoms with van der Waals surface area (Å²) in [5, 5.41) is 3.14. The highest BCUT2D eigenvalue weighted by Gasteiger charge is 2.26. The van der Waals surface area contributed by atoms with Gasteiger partial charge in [0.25, 0.3) is 5.91 Å². The van der Waals surface area contributed by atoms with E-state index in [4.69, 9.17) is 4.74 Å². The number of piperidine rings is 1. The minimum Gasteiger partial charge on any atom is -0.496 e. The van der Waals surface area contributed by atoms with Crippen molar-refractivity contribution in [1.82, 2.24) is 15.2 Å². The van der Waals surface area contributed by atoms with E-state index in [9.17, 15) is 9.18 Å². The molecule has 1 aliphatic rings. The van der Waals surface area contributed by atoms with Crippen molar-refractivity contribution in [2.24, 2.45) is 0 Å². The van der Waals surface area contributed by atoms with Gasteiger partial charge in [-0.2, -0.15) is 0 Å². The Balaban J connectivity index is 1.32. The molecule has 0 bridgehead atoms. The summed E-state index contributed by atoms with van der Waals surface area (Å²) in [7, 11) is 1.70. The average molecular weight is 434 g/mol. The number of likely N-dealkylation sites (tertiary alicyclic amines) is 1. The second kappa shape index (κ2) is 9.92. The Morgan fingerprint density at radius 3 is 2.59 bits per heavy atom. The number of amides is 1. The van der Waals surface area contributed by atoms with Crippen LogP contribution in [0.3, 0.4) is 0 Å². The van der Waals surface area contributed by atoms with E-state index in [1.54, 1.807) is 37.6 Å². The van der Waals surface area contributed by atoms with E-state index < -0.39 is 0 Å². The molecule has 6 heteroatoms. The van der Waals surface area contributed by atoms with Crippen LogP contribution in [0.15, 0.2) is 66.9 Å². The van der Waals surface area contributed by atoms with Gasteiger partial charge in [0.1, 0.15) is 11.6 Å². The third-order valence-corrected chi connectivity index (χ3v) is 6.15. The summed E-state index contributed by atoms with van der Waals surface area (Å²) in [5.41, 5.74) is 3.02. The Kier molecular flexibility index (Phi) is 6.81. The van der Waals surface area contributed by atoms with Crippen molar-refractivity contribution in [1.29, 1.82) is 0 Å². The van der Waals surface area contributed by atoms with Crippen LogP contribution in [0.1, 0.15) is 41.7 Å². The van der Waals surface area contributed by atoms with Crippen LogP contribution in [0.25, 0.3) is 11.3 Å². The zero-order chi connectivity index (χ0) is 22.5. The van der Waals surface area contributed by atoms with Gasteiger partial charge in [-0.15, -0.1) is 0 Å². The van der Waals surface area contributed by atoms with Gasteiger partial charge >= 0.3 is 0 Å². The summed E-state index contributed by atoms with van der Waals surface area (Å²) >= 11 is 0. The zero-order valence-corrected chi connectivity index (χ0v) is 18.4. The van der Waals surface area contributed by atoms with Gasteiger partial charge < -0.3 is 10.1 Å². The molecule has 2 heterocycles. The number of hydrogen-bond acceptors (Lipinski definition) is 4. The maximum Gasteiger partial charge on any atom is 0.253 e. The molecule has 1 N–H and O–H groups in total. The van der Waals surface area contributed by atoms with E-state index in [0.29, 0.717) is 16.8 Å². The zero-order valence-electron chi connectivity index (χ0n) is 18.4. The largest absolute Gasteiger partial charge is 0.496 e. The van der Waals surface area contributed by atoms with Crippen molar-refractivity contribution in [3.63, 3.8) is 0 Å². The van der Waals surface area contributed by atoms with E-state index in [1.807, 2.05) is 18.2 Å². The van der Waals surface area contributed by atoms with Gasteiger partial charge in [0.05, 0.1) is 18.4 Å². The molecule has 3 aromatic rings. The van der Waals surface area contributed by atoms with E-state index in [-0.39, 0.29) is 23.8 Å². The predicted molar refractivity (Wildman–Crippen MR) is 123 cm³/mol. The smallest absolute Gasteiger partial charge is 0.253 e. The van der Waals surface area contributed by atoms with Crippen LogP contribution in [0.2, 0.25) is 0 Å². The maximum atomic E-state index is 13.4. The first kappa shape index (κ1) is 22.0. The standard InChI is InChI=1S/C26H28FN3O2/c1-18(23-8-3-4-9-25(23)32-2)30-14-12-22(13-15-30)29-26(31)20-10-11-24(28-17-20)19-6-5-7-21(27)16-19/h3-11,16-18,22H,12-15H2,1-2H3,(H,29,31). The third kappa shape index (κ3) is 4.97. The van der Waals surface area contributed by atoms with Gasteiger partial charge in [-0.25, -0.2) is 4.39 Å². The summed E-state index contributed by atoms with van der Waals surface area (Å²) in [5.74, 6) is 0.474. The van der Waals surface area contributed by atoms with Gasteiger partial charge in [0.15, 0.2) is 0 Å². The number of methoxy groups -OCH3 is 1. The number of benzene rings is 2. The lowest BCUT2D eigenvalue weighted by atomic mass is 9.99. The first-order valence-corrected chi connectivity index (χ1v) is 10.9. The van der Waals surface area contributed by atoms with Crippen LogP contribution < -0.4 is 10.1 Å². The molecule has 4 rings (SSSR count). The van der Waals surface area contributed by atoms with E-state index in [0.717, 1.165) is 31.7 Å². The second-order valence-electron chi connectivity index (χ2n) is 8.14. The number of aromatic nitrogens is 1. The number of nitrogens with zero attached hydrogens (tertiary/aromatic N) is 2. The number of pyridine rings is 1. The summed E-state index contributed by atoms with van der Waals surface area (Å²) in [6.07, 6.45) is 3.33. The first-order valence-electron chi connectivity index (χ1n) is 10.9. The van der Waals surface area contributed by atoms with Gasteiger partial charge in [-0.05, 0) is 50.1 Å². The summed E-state index contributed by atoms with van der Waals surface area (Å²) in [6.45, 7) is 4.00. The SMILES string of the molecule is COc1ccccc1C(C)N1CCC(NC(=O)c2ccc(-c3cccc(F)c3)nc2)CC1. The number of nitrogens with one attached hydrogen (secondary N) is 1. The molecule has 1 amide bonds. The topological polar surface area (TPSA) is 54.5 Å². The van der Waals surface area contributed by atoms with Gasteiger partial charge in [-0.1, -0.05) is 30.3 Å². The molecule has 0 radical (unpaired) electrons. The van der Waals surface area contributed by atoms with Crippen LogP contribution >= 0.6 is 0 Å². The summed E-state index contributed by atoms with van der Waals surface area (Å²) < 4.78 is 18.9. The highest BCUT2D eigenvalue weighted by atomic mass is 19.1. The van der Waals surface area contributed by atoms with Crippen LogP contribution in [-0.4, -0.2) is 42.0 Å². The highest BCUT2D eigenvalue weighted by Crippen LogP contribution is 2.30. The lowest BCUT2D eigenvalue weighted by molar-refractivity contribution is 0.0895. The number of para-hydroxylation sites is 1. The van der Waals surface area contributed by atoms with Crippen LogP contribution in [-0.2, 0) is 0 Å². The fraction of sp³-hybridized carbons (Fsp3) is 0.308. The average Bonchev–Trinajstić information content (AvgIpc) is 2.84. The lowest BCUT2D eigenvalue weighted by Crippen LogP contribution is -2.45. The van der Waals surface area contributed by atoms with Crippen molar-refractivity contribution in [3.05, 3.63) is 83.8 Å². The Labute approximate surface area is 188 Å². The highest BCUT2D eigenvalue weighted by molar-refractivity contribution is 5.94. The minimum absolute atomic E-state index is 0.125.